The molecule has 34 heavy (non-hydrogen) atoms. The minimum Gasteiger partial charge on any atom is -0.479 e. The summed E-state index contributed by atoms with van der Waals surface area (Å²) in [4.78, 5) is 17.0. The number of ether oxygens (including phenoxy) is 1. The zero-order valence-corrected chi connectivity index (χ0v) is 19.0. The lowest BCUT2D eigenvalue weighted by Gasteiger charge is -2.13. The van der Waals surface area contributed by atoms with Gasteiger partial charge < -0.3 is 4.74 Å². The largest absolute Gasteiger partial charge is 0.479 e. The van der Waals surface area contributed by atoms with Crippen molar-refractivity contribution in [2.24, 2.45) is 7.05 Å². The van der Waals surface area contributed by atoms with Gasteiger partial charge in [0.25, 0.3) is 5.56 Å². The van der Waals surface area contributed by atoms with Crippen LogP contribution in [0.4, 0.5) is 13.2 Å². The van der Waals surface area contributed by atoms with Crippen LogP contribution in [-0.4, -0.2) is 45.8 Å². The Hall–Kier alpha value is -3.74. The fourth-order valence-electron chi connectivity index (χ4n) is 3.41. The van der Waals surface area contributed by atoms with E-state index < -0.39 is 27.1 Å². The van der Waals surface area contributed by atoms with Gasteiger partial charge in [-0.3, -0.25) is 9.48 Å². The van der Waals surface area contributed by atoms with Crippen molar-refractivity contribution >= 4 is 20.6 Å². The Morgan fingerprint density at radius 1 is 1.15 bits per heavy atom. The predicted molar refractivity (Wildman–Crippen MR) is 117 cm³/mol. The van der Waals surface area contributed by atoms with E-state index in [4.69, 9.17) is 4.74 Å². The summed E-state index contributed by atoms with van der Waals surface area (Å²) in [5.74, 6) is -0.397. The number of pyridine rings is 1. The minimum atomic E-state index is -4.66. The van der Waals surface area contributed by atoms with E-state index in [0.29, 0.717) is 21.9 Å². The van der Waals surface area contributed by atoms with Crippen molar-refractivity contribution in [3.05, 3.63) is 58.8 Å². The second-order valence-electron chi connectivity index (χ2n) is 7.34. The monoisotopic (exact) mass is 493 g/mol. The van der Waals surface area contributed by atoms with Crippen LogP contribution in [0.2, 0.25) is 0 Å². The number of aryl methyl sites for hydroxylation is 1. The molecule has 13 heteroatoms. The standard InChI is InChI=1S/C21H18F3N5O4S/c1-4-34(31,32)17-7-13(16-11-28(2)27-19(16)33-3)9-25-18(17)29-20(30)15-8-14(21(22,23)24)6-5-12(15)10-26-29/h5-11H,4H2,1-3H3. The Morgan fingerprint density at radius 3 is 2.53 bits per heavy atom. The minimum absolute atomic E-state index is 0.172. The van der Waals surface area contributed by atoms with Crippen molar-refractivity contribution in [2.75, 3.05) is 12.9 Å². The molecule has 3 aromatic heterocycles. The highest BCUT2D eigenvalue weighted by Crippen LogP contribution is 2.32. The zero-order valence-electron chi connectivity index (χ0n) is 18.2. The van der Waals surface area contributed by atoms with E-state index in [9.17, 15) is 26.4 Å². The van der Waals surface area contributed by atoms with Gasteiger partial charge in [0, 0.05) is 30.4 Å². The molecule has 4 aromatic rings. The number of alkyl halides is 3. The first-order chi connectivity index (χ1) is 16.0. The highest BCUT2D eigenvalue weighted by Gasteiger charge is 2.31. The maximum absolute atomic E-state index is 13.2. The van der Waals surface area contributed by atoms with Crippen LogP contribution in [-0.2, 0) is 23.1 Å². The number of aromatic nitrogens is 5. The molecule has 0 saturated heterocycles. The highest BCUT2D eigenvalue weighted by molar-refractivity contribution is 7.91. The van der Waals surface area contributed by atoms with Crippen molar-refractivity contribution in [3.63, 3.8) is 0 Å². The number of methoxy groups -OCH3 is 1. The normalized spacial score (nSPS) is 12.3. The average molecular weight is 493 g/mol. The van der Waals surface area contributed by atoms with Crippen LogP contribution in [0, 0.1) is 0 Å². The molecule has 0 radical (unpaired) electrons. The number of hydrogen-bond acceptors (Lipinski definition) is 7. The van der Waals surface area contributed by atoms with Gasteiger partial charge >= 0.3 is 6.18 Å². The molecule has 0 N–H and O–H groups in total. The SMILES string of the molecule is CCS(=O)(=O)c1cc(-c2cn(C)nc2OC)cnc1-n1ncc2ccc(C(F)(F)F)cc2c1=O. The van der Waals surface area contributed by atoms with Crippen LogP contribution in [0.1, 0.15) is 12.5 Å². The van der Waals surface area contributed by atoms with E-state index in [2.05, 4.69) is 15.2 Å². The number of nitrogens with zero attached hydrogens (tertiary/aromatic N) is 5. The third-order valence-electron chi connectivity index (χ3n) is 5.16. The van der Waals surface area contributed by atoms with Gasteiger partial charge in [-0.15, -0.1) is 5.10 Å². The molecule has 0 aliphatic heterocycles. The molecule has 4 rings (SSSR count). The quantitative estimate of drug-likeness (QED) is 0.420. The molecular formula is C21H18F3N5O4S. The first-order valence-electron chi connectivity index (χ1n) is 9.86. The fraction of sp³-hybridized carbons (Fsp3) is 0.238. The van der Waals surface area contributed by atoms with Gasteiger partial charge in [0.05, 0.1) is 35.6 Å². The molecule has 0 aliphatic rings. The molecule has 0 bridgehead atoms. The summed E-state index contributed by atoms with van der Waals surface area (Å²) in [6, 6.07) is 3.99. The molecule has 3 heterocycles. The Kier molecular flexibility index (Phi) is 5.67. The van der Waals surface area contributed by atoms with Gasteiger partial charge in [0.15, 0.2) is 15.7 Å². The molecule has 0 unspecified atom stereocenters. The molecule has 1 aromatic carbocycles. The number of halogens is 3. The van der Waals surface area contributed by atoms with Gasteiger partial charge in [-0.2, -0.15) is 23.0 Å². The van der Waals surface area contributed by atoms with E-state index in [1.54, 1.807) is 13.2 Å². The van der Waals surface area contributed by atoms with Crippen LogP contribution in [0.25, 0.3) is 27.7 Å². The number of rotatable bonds is 5. The second-order valence-corrected chi connectivity index (χ2v) is 9.58. The van der Waals surface area contributed by atoms with E-state index in [0.717, 1.165) is 12.1 Å². The van der Waals surface area contributed by atoms with E-state index >= 15 is 0 Å². The van der Waals surface area contributed by atoms with E-state index in [1.165, 1.54) is 37.2 Å². The summed E-state index contributed by atoms with van der Waals surface area (Å²) < 4.78 is 72.7. The maximum atomic E-state index is 13.2. The highest BCUT2D eigenvalue weighted by atomic mass is 32.2. The fourth-order valence-corrected chi connectivity index (χ4v) is 4.45. The number of hydrogen-bond donors (Lipinski definition) is 0. The van der Waals surface area contributed by atoms with E-state index in [1.807, 2.05) is 0 Å². The van der Waals surface area contributed by atoms with Crippen molar-refractivity contribution in [1.29, 1.82) is 0 Å². The predicted octanol–water partition coefficient (Wildman–Crippen LogP) is 3.00. The molecule has 9 nitrogen and oxygen atoms in total. The zero-order chi connectivity index (χ0) is 24.8. The summed E-state index contributed by atoms with van der Waals surface area (Å²) in [6.07, 6.45) is -0.557. The molecular weight excluding hydrogens is 475 g/mol. The Balaban J connectivity index is 1.99. The topological polar surface area (TPSA) is 109 Å². The Morgan fingerprint density at radius 2 is 1.88 bits per heavy atom. The van der Waals surface area contributed by atoms with Crippen molar-refractivity contribution in [3.8, 4) is 22.8 Å². The Bertz CT molecular complexity index is 1580. The Labute approximate surface area is 191 Å². The summed E-state index contributed by atoms with van der Waals surface area (Å²) in [5, 5.41) is 8.00. The number of fused-ring (bicyclic) bond motifs is 1. The summed E-state index contributed by atoms with van der Waals surface area (Å²) in [6.45, 7) is 1.42. The number of sulfone groups is 1. The summed E-state index contributed by atoms with van der Waals surface area (Å²) in [5.41, 5.74) is -1.13. The third-order valence-corrected chi connectivity index (χ3v) is 6.89. The lowest BCUT2D eigenvalue weighted by Crippen LogP contribution is -2.25. The molecule has 0 spiro atoms. The van der Waals surface area contributed by atoms with Crippen molar-refractivity contribution < 1.29 is 26.3 Å². The van der Waals surface area contributed by atoms with Crippen LogP contribution >= 0.6 is 0 Å². The van der Waals surface area contributed by atoms with Crippen molar-refractivity contribution in [2.45, 2.75) is 18.0 Å². The maximum Gasteiger partial charge on any atom is 0.416 e. The molecule has 0 atom stereocenters. The van der Waals surface area contributed by atoms with Crippen LogP contribution in [0.5, 0.6) is 5.88 Å². The number of benzene rings is 1. The molecule has 0 aliphatic carbocycles. The van der Waals surface area contributed by atoms with Gasteiger partial charge in [-0.1, -0.05) is 13.0 Å². The van der Waals surface area contributed by atoms with Gasteiger partial charge in [-0.25, -0.2) is 13.4 Å². The lowest BCUT2D eigenvalue weighted by atomic mass is 10.1. The summed E-state index contributed by atoms with van der Waals surface area (Å²) >= 11 is 0. The van der Waals surface area contributed by atoms with Crippen molar-refractivity contribution in [1.82, 2.24) is 24.5 Å². The van der Waals surface area contributed by atoms with Crippen LogP contribution in [0.3, 0.4) is 0 Å². The van der Waals surface area contributed by atoms with Gasteiger partial charge in [0.2, 0.25) is 5.88 Å². The molecule has 0 saturated carbocycles. The second kappa shape index (κ2) is 8.24. The molecule has 178 valence electrons. The van der Waals surface area contributed by atoms with Gasteiger partial charge in [0.1, 0.15) is 4.90 Å². The van der Waals surface area contributed by atoms with Crippen LogP contribution in [0.15, 0.2) is 52.5 Å². The van der Waals surface area contributed by atoms with E-state index in [-0.39, 0.29) is 33.1 Å². The first kappa shape index (κ1) is 23.4. The first-order valence-corrected chi connectivity index (χ1v) is 11.5. The smallest absolute Gasteiger partial charge is 0.416 e. The van der Waals surface area contributed by atoms with Gasteiger partial charge in [-0.05, 0) is 18.2 Å². The summed E-state index contributed by atoms with van der Waals surface area (Å²) in [7, 11) is -0.866. The third kappa shape index (κ3) is 4.02. The average Bonchev–Trinajstić information content (AvgIpc) is 3.19. The molecule has 0 fully saturated rings. The lowest BCUT2D eigenvalue weighted by molar-refractivity contribution is -0.137. The van der Waals surface area contributed by atoms with Crippen LogP contribution < -0.4 is 10.3 Å². The molecule has 0 amide bonds.